The van der Waals surface area contributed by atoms with E-state index in [2.05, 4.69) is 0 Å². The van der Waals surface area contributed by atoms with Crippen molar-refractivity contribution in [1.82, 2.24) is 4.90 Å². The van der Waals surface area contributed by atoms with Crippen molar-refractivity contribution in [2.45, 2.75) is 32.8 Å². The maximum absolute atomic E-state index is 11.6. The Balaban J connectivity index is 2.57. The second-order valence-corrected chi connectivity index (χ2v) is 4.19. The van der Waals surface area contributed by atoms with Gasteiger partial charge in [-0.15, -0.1) is 0 Å². The van der Waals surface area contributed by atoms with Crippen LogP contribution < -0.4 is 0 Å². The average molecular weight is 259 g/mol. The molecule has 2 atom stereocenters. The minimum absolute atomic E-state index is 0.295. The van der Waals surface area contributed by atoms with Crippen molar-refractivity contribution in [3.05, 3.63) is 0 Å². The van der Waals surface area contributed by atoms with Crippen LogP contribution in [0.15, 0.2) is 0 Å². The lowest BCUT2D eigenvalue weighted by atomic mass is 9.98. The number of carbonyl (C=O) groups excluding carboxylic acids is 2. The maximum atomic E-state index is 11.6. The second-order valence-electron chi connectivity index (χ2n) is 4.19. The van der Waals surface area contributed by atoms with Crippen LogP contribution in [0.3, 0.4) is 0 Å². The molecule has 1 aliphatic rings. The van der Waals surface area contributed by atoms with Gasteiger partial charge in [0.05, 0.1) is 25.2 Å². The van der Waals surface area contributed by atoms with Gasteiger partial charge < -0.3 is 19.5 Å². The van der Waals surface area contributed by atoms with E-state index in [4.69, 9.17) is 9.47 Å². The summed E-state index contributed by atoms with van der Waals surface area (Å²) in [7, 11) is 0. The molecule has 0 spiro atoms. The lowest BCUT2D eigenvalue weighted by Crippen LogP contribution is -2.32. The summed E-state index contributed by atoms with van der Waals surface area (Å²) in [6.45, 7) is 4.88. The van der Waals surface area contributed by atoms with Crippen molar-refractivity contribution in [1.29, 1.82) is 0 Å². The summed E-state index contributed by atoms with van der Waals surface area (Å²) >= 11 is 0. The van der Waals surface area contributed by atoms with Gasteiger partial charge in [-0.2, -0.15) is 0 Å². The van der Waals surface area contributed by atoms with Crippen molar-refractivity contribution in [3.63, 3.8) is 0 Å². The van der Waals surface area contributed by atoms with Gasteiger partial charge >= 0.3 is 12.1 Å². The number of rotatable bonds is 3. The first-order valence-corrected chi connectivity index (χ1v) is 6.36. The number of hydrogen-bond acceptors (Lipinski definition) is 5. The maximum Gasteiger partial charge on any atom is 0.409 e. The summed E-state index contributed by atoms with van der Waals surface area (Å²) in [5, 5.41) is 9.90. The SMILES string of the molecule is CCOC(=O)C1CCN(C(=O)OCC)CCC1O. The Hall–Kier alpha value is -1.30. The van der Waals surface area contributed by atoms with Gasteiger partial charge in [0.1, 0.15) is 0 Å². The molecule has 1 amide bonds. The Morgan fingerprint density at radius 2 is 1.78 bits per heavy atom. The van der Waals surface area contributed by atoms with E-state index >= 15 is 0 Å². The topological polar surface area (TPSA) is 76.1 Å². The molecule has 104 valence electrons. The number of aliphatic hydroxyl groups excluding tert-OH is 1. The van der Waals surface area contributed by atoms with Gasteiger partial charge in [0.15, 0.2) is 0 Å². The van der Waals surface area contributed by atoms with Crippen molar-refractivity contribution in [2.24, 2.45) is 5.92 Å². The van der Waals surface area contributed by atoms with Crippen molar-refractivity contribution < 1.29 is 24.2 Å². The predicted octanol–water partition coefficient (Wildman–Crippen LogP) is 0.779. The zero-order valence-electron chi connectivity index (χ0n) is 10.9. The zero-order valence-corrected chi connectivity index (χ0v) is 10.9. The number of ether oxygens (including phenoxy) is 2. The molecule has 0 saturated carbocycles. The van der Waals surface area contributed by atoms with Crippen LogP contribution in [-0.2, 0) is 14.3 Å². The number of esters is 1. The summed E-state index contributed by atoms with van der Waals surface area (Å²) in [6, 6.07) is 0. The number of aliphatic hydroxyl groups is 1. The van der Waals surface area contributed by atoms with Crippen LogP contribution in [0, 0.1) is 5.92 Å². The molecule has 1 heterocycles. The van der Waals surface area contributed by atoms with E-state index in [0.717, 1.165) is 0 Å². The number of hydrogen-bond donors (Lipinski definition) is 1. The van der Waals surface area contributed by atoms with Crippen molar-refractivity contribution >= 4 is 12.1 Å². The highest BCUT2D eigenvalue weighted by atomic mass is 16.6. The van der Waals surface area contributed by atoms with Crippen molar-refractivity contribution in [2.75, 3.05) is 26.3 Å². The molecule has 0 radical (unpaired) electrons. The Bertz CT molecular complexity index is 294. The average Bonchev–Trinajstić information content (AvgIpc) is 2.52. The Kier molecular flexibility index (Phi) is 5.91. The minimum atomic E-state index is -0.761. The van der Waals surface area contributed by atoms with Crippen LogP contribution in [-0.4, -0.2) is 54.5 Å². The van der Waals surface area contributed by atoms with Gasteiger partial charge in [0, 0.05) is 13.1 Å². The van der Waals surface area contributed by atoms with Crippen LogP contribution in [0.5, 0.6) is 0 Å². The second kappa shape index (κ2) is 7.20. The van der Waals surface area contributed by atoms with Crippen molar-refractivity contribution in [3.8, 4) is 0 Å². The molecule has 6 heteroatoms. The summed E-state index contributed by atoms with van der Waals surface area (Å²) in [5.74, 6) is -0.944. The van der Waals surface area contributed by atoms with Crippen LogP contribution >= 0.6 is 0 Å². The van der Waals surface area contributed by atoms with E-state index < -0.39 is 24.1 Å². The standard InChI is InChI=1S/C12H21NO5/c1-3-17-11(15)9-5-7-13(8-6-10(9)14)12(16)18-4-2/h9-10,14H,3-8H2,1-2H3. The Morgan fingerprint density at radius 3 is 2.39 bits per heavy atom. The molecule has 1 saturated heterocycles. The van der Waals surface area contributed by atoms with E-state index in [0.29, 0.717) is 39.1 Å². The first-order valence-electron chi connectivity index (χ1n) is 6.36. The Morgan fingerprint density at radius 1 is 1.17 bits per heavy atom. The highest BCUT2D eigenvalue weighted by Crippen LogP contribution is 2.20. The Labute approximate surface area is 107 Å². The molecule has 0 aromatic carbocycles. The van der Waals surface area contributed by atoms with Crippen LogP contribution in [0.2, 0.25) is 0 Å². The monoisotopic (exact) mass is 259 g/mol. The summed E-state index contributed by atoms with van der Waals surface area (Å²) in [5.41, 5.74) is 0. The third kappa shape index (κ3) is 3.87. The fourth-order valence-corrected chi connectivity index (χ4v) is 2.01. The molecule has 0 aliphatic carbocycles. The van der Waals surface area contributed by atoms with E-state index in [1.54, 1.807) is 13.8 Å². The van der Waals surface area contributed by atoms with Gasteiger partial charge in [0.25, 0.3) is 0 Å². The highest BCUT2D eigenvalue weighted by Gasteiger charge is 2.32. The molecule has 18 heavy (non-hydrogen) atoms. The molecular weight excluding hydrogens is 238 g/mol. The molecule has 1 aliphatic heterocycles. The number of amides is 1. The van der Waals surface area contributed by atoms with Crippen LogP contribution in [0.4, 0.5) is 4.79 Å². The van der Waals surface area contributed by atoms with Gasteiger partial charge in [0.2, 0.25) is 0 Å². The zero-order chi connectivity index (χ0) is 13.5. The molecule has 0 aromatic rings. The number of nitrogens with zero attached hydrogens (tertiary/aromatic N) is 1. The van der Waals surface area contributed by atoms with Gasteiger partial charge in [-0.05, 0) is 26.7 Å². The molecule has 6 nitrogen and oxygen atoms in total. The number of likely N-dealkylation sites (tertiary alicyclic amines) is 1. The minimum Gasteiger partial charge on any atom is -0.466 e. The summed E-state index contributed by atoms with van der Waals surface area (Å²) in [6.07, 6.45) is -0.390. The fourth-order valence-electron chi connectivity index (χ4n) is 2.01. The first kappa shape index (κ1) is 14.8. The molecule has 1 rings (SSSR count). The lowest BCUT2D eigenvalue weighted by molar-refractivity contribution is -0.152. The van der Waals surface area contributed by atoms with Crippen LogP contribution in [0.25, 0.3) is 0 Å². The first-order chi connectivity index (χ1) is 8.60. The normalized spacial score (nSPS) is 24.3. The van der Waals surface area contributed by atoms with Gasteiger partial charge in [-0.1, -0.05) is 0 Å². The van der Waals surface area contributed by atoms with E-state index in [9.17, 15) is 14.7 Å². The molecule has 1 fully saturated rings. The summed E-state index contributed by atoms with van der Waals surface area (Å²) in [4.78, 5) is 24.7. The lowest BCUT2D eigenvalue weighted by Gasteiger charge is -2.19. The number of carbonyl (C=O) groups is 2. The smallest absolute Gasteiger partial charge is 0.409 e. The molecule has 0 aromatic heterocycles. The van der Waals surface area contributed by atoms with E-state index in [1.165, 1.54) is 4.90 Å². The molecule has 0 bridgehead atoms. The largest absolute Gasteiger partial charge is 0.466 e. The fraction of sp³-hybridized carbons (Fsp3) is 0.833. The predicted molar refractivity (Wildman–Crippen MR) is 64.0 cm³/mol. The van der Waals surface area contributed by atoms with E-state index in [-0.39, 0.29) is 0 Å². The van der Waals surface area contributed by atoms with Crippen LogP contribution in [0.1, 0.15) is 26.7 Å². The quantitative estimate of drug-likeness (QED) is 0.758. The molecule has 2 unspecified atom stereocenters. The molecule has 1 N–H and O–H groups in total. The summed E-state index contributed by atoms with van der Waals surface area (Å²) < 4.78 is 9.82. The van der Waals surface area contributed by atoms with Gasteiger partial charge in [-0.3, -0.25) is 4.79 Å². The third-order valence-corrected chi connectivity index (χ3v) is 2.98. The van der Waals surface area contributed by atoms with E-state index in [1.807, 2.05) is 0 Å². The van der Waals surface area contributed by atoms with Gasteiger partial charge in [-0.25, -0.2) is 4.79 Å². The highest BCUT2D eigenvalue weighted by molar-refractivity contribution is 5.73. The molecular formula is C12H21NO5. The third-order valence-electron chi connectivity index (χ3n) is 2.98.